The predicted octanol–water partition coefficient (Wildman–Crippen LogP) is 2.08. The largest absolute Gasteiger partial charge is 0.393 e. The van der Waals surface area contributed by atoms with Gasteiger partial charge in [-0.05, 0) is 32.1 Å². The first-order valence-electron chi connectivity index (χ1n) is 5.46. The summed E-state index contributed by atoms with van der Waals surface area (Å²) in [5.41, 5.74) is 0. The molecule has 1 atom stereocenters. The highest BCUT2D eigenvalue weighted by molar-refractivity contribution is 7.99. The summed E-state index contributed by atoms with van der Waals surface area (Å²) in [6.45, 7) is 8.49. The van der Waals surface area contributed by atoms with Crippen LogP contribution in [-0.4, -0.2) is 47.8 Å². The number of aliphatic hydroxyl groups excluding tert-OH is 1. The van der Waals surface area contributed by atoms with E-state index in [0.29, 0.717) is 0 Å². The van der Waals surface area contributed by atoms with Crippen molar-refractivity contribution in [2.75, 3.05) is 31.6 Å². The van der Waals surface area contributed by atoms with Crippen LogP contribution in [0.15, 0.2) is 0 Å². The standard InChI is InChI=1S/C11H25NOS/c1-10(2)9-14-8-7-12(4)6-5-11(3)13/h10-11,13H,5-9H2,1-4H3. The summed E-state index contributed by atoms with van der Waals surface area (Å²) in [6.07, 6.45) is 0.714. The van der Waals surface area contributed by atoms with Crippen molar-refractivity contribution in [3.05, 3.63) is 0 Å². The van der Waals surface area contributed by atoms with Crippen molar-refractivity contribution < 1.29 is 5.11 Å². The van der Waals surface area contributed by atoms with Gasteiger partial charge in [-0.15, -0.1) is 0 Å². The zero-order valence-electron chi connectivity index (χ0n) is 9.99. The van der Waals surface area contributed by atoms with Gasteiger partial charge in [0.25, 0.3) is 0 Å². The normalized spacial score (nSPS) is 13.9. The Morgan fingerprint density at radius 3 is 2.36 bits per heavy atom. The second-order valence-corrected chi connectivity index (χ2v) is 5.56. The number of hydrogen-bond acceptors (Lipinski definition) is 3. The fraction of sp³-hybridized carbons (Fsp3) is 1.00. The molecule has 0 aliphatic heterocycles. The van der Waals surface area contributed by atoms with Crippen LogP contribution in [0.5, 0.6) is 0 Å². The van der Waals surface area contributed by atoms with Crippen LogP contribution in [-0.2, 0) is 0 Å². The van der Waals surface area contributed by atoms with Gasteiger partial charge in [-0.2, -0.15) is 11.8 Å². The molecule has 0 spiro atoms. The molecule has 0 heterocycles. The molecular formula is C11H25NOS. The van der Waals surface area contributed by atoms with Gasteiger partial charge < -0.3 is 10.0 Å². The lowest BCUT2D eigenvalue weighted by atomic mass is 10.3. The van der Waals surface area contributed by atoms with E-state index >= 15 is 0 Å². The third kappa shape index (κ3) is 10.4. The molecule has 0 aliphatic carbocycles. The van der Waals surface area contributed by atoms with Crippen LogP contribution in [0.25, 0.3) is 0 Å². The molecule has 0 rings (SSSR count). The lowest BCUT2D eigenvalue weighted by molar-refractivity contribution is 0.166. The van der Waals surface area contributed by atoms with Gasteiger partial charge in [0.1, 0.15) is 0 Å². The van der Waals surface area contributed by atoms with Crippen molar-refractivity contribution in [1.29, 1.82) is 0 Å². The average molecular weight is 219 g/mol. The van der Waals surface area contributed by atoms with Crippen molar-refractivity contribution in [2.24, 2.45) is 5.92 Å². The van der Waals surface area contributed by atoms with E-state index in [2.05, 4.69) is 25.8 Å². The van der Waals surface area contributed by atoms with Crippen LogP contribution >= 0.6 is 11.8 Å². The molecule has 0 bridgehead atoms. The van der Waals surface area contributed by atoms with E-state index in [1.807, 2.05) is 18.7 Å². The third-order valence-electron chi connectivity index (χ3n) is 2.00. The van der Waals surface area contributed by atoms with E-state index in [1.165, 1.54) is 11.5 Å². The predicted molar refractivity (Wildman–Crippen MR) is 66.0 cm³/mol. The van der Waals surface area contributed by atoms with Crippen molar-refractivity contribution in [3.63, 3.8) is 0 Å². The topological polar surface area (TPSA) is 23.5 Å². The minimum Gasteiger partial charge on any atom is -0.393 e. The van der Waals surface area contributed by atoms with Crippen LogP contribution in [0.4, 0.5) is 0 Å². The van der Waals surface area contributed by atoms with Crippen LogP contribution < -0.4 is 0 Å². The van der Waals surface area contributed by atoms with Gasteiger partial charge in [0.2, 0.25) is 0 Å². The first kappa shape index (κ1) is 14.3. The maximum Gasteiger partial charge on any atom is 0.0524 e. The lowest BCUT2D eigenvalue weighted by Gasteiger charge is -2.17. The Bertz CT molecular complexity index is 128. The van der Waals surface area contributed by atoms with Crippen LogP contribution in [0.3, 0.4) is 0 Å². The van der Waals surface area contributed by atoms with Crippen LogP contribution in [0.1, 0.15) is 27.2 Å². The highest BCUT2D eigenvalue weighted by Gasteiger charge is 2.01. The van der Waals surface area contributed by atoms with E-state index in [-0.39, 0.29) is 6.10 Å². The minimum atomic E-state index is -0.166. The van der Waals surface area contributed by atoms with Gasteiger partial charge in [0.15, 0.2) is 0 Å². The van der Waals surface area contributed by atoms with Gasteiger partial charge in [-0.3, -0.25) is 0 Å². The Balaban J connectivity index is 3.22. The fourth-order valence-electron chi connectivity index (χ4n) is 1.06. The van der Waals surface area contributed by atoms with Gasteiger partial charge in [-0.1, -0.05) is 13.8 Å². The summed E-state index contributed by atoms with van der Waals surface area (Å²) in [6, 6.07) is 0. The van der Waals surface area contributed by atoms with E-state index in [9.17, 15) is 0 Å². The van der Waals surface area contributed by atoms with Crippen molar-refractivity contribution in [3.8, 4) is 0 Å². The zero-order valence-corrected chi connectivity index (χ0v) is 10.8. The van der Waals surface area contributed by atoms with Crippen LogP contribution in [0.2, 0.25) is 0 Å². The van der Waals surface area contributed by atoms with E-state index in [4.69, 9.17) is 5.11 Å². The Labute approximate surface area is 93.1 Å². The third-order valence-corrected chi connectivity index (χ3v) is 3.37. The molecule has 14 heavy (non-hydrogen) atoms. The molecule has 1 unspecified atom stereocenters. The highest BCUT2D eigenvalue weighted by atomic mass is 32.2. The first-order valence-corrected chi connectivity index (χ1v) is 6.62. The molecule has 86 valence electrons. The van der Waals surface area contributed by atoms with E-state index in [1.54, 1.807) is 0 Å². The van der Waals surface area contributed by atoms with Crippen LogP contribution in [0, 0.1) is 5.92 Å². The Hall–Kier alpha value is 0.270. The monoisotopic (exact) mass is 219 g/mol. The SMILES string of the molecule is CC(C)CSCCN(C)CCC(C)O. The molecule has 0 aromatic carbocycles. The number of aliphatic hydroxyl groups is 1. The summed E-state index contributed by atoms with van der Waals surface area (Å²) in [5.74, 6) is 3.25. The highest BCUT2D eigenvalue weighted by Crippen LogP contribution is 2.07. The zero-order chi connectivity index (χ0) is 11.0. The molecule has 1 N–H and O–H groups in total. The second-order valence-electron chi connectivity index (χ2n) is 4.41. The molecule has 0 fully saturated rings. The number of hydrogen-bond donors (Lipinski definition) is 1. The van der Waals surface area contributed by atoms with E-state index < -0.39 is 0 Å². The Kier molecular flexibility index (Phi) is 8.73. The minimum absolute atomic E-state index is 0.166. The van der Waals surface area contributed by atoms with Gasteiger partial charge in [-0.25, -0.2) is 0 Å². The Morgan fingerprint density at radius 1 is 1.21 bits per heavy atom. The summed E-state index contributed by atoms with van der Waals surface area (Å²) in [5, 5.41) is 9.11. The van der Waals surface area contributed by atoms with Gasteiger partial charge in [0.05, 0.1) is 6.10 Å². The second kappa shape index (κ2) is 8.57. The fourth-order valence-corrected chi connectivity index (χ4v) is 2.14. The maximum absolute atomic E-state index is 9.11. The van der Waals surface area contributed by atoms with Crippen molar-refractivity contribution in [1.82, 2.24) is 4.90 Å². The number of nitrogens with zero attached hydrogens (tertiary/aromatic N) is 1. The Morgan fingerprint density at radius 2 is 1.86 bits per heavy atom. The van der Waals surface area contributed by atoms with Crippen molar-refractivity contribution >= 4 is 11.8 Å². The first-order chi connectivity index (χ1) is 6.52. The van der Waals surface area contributed by atoms with Gasteiger partial charge >= 0.3 is 0 Å². The van der Waals surface area contributed by atoms with Crippen molar-refractivity contribution in [2.45, 2.75) is 33.3 Å². The molecule has 0 aromatic rings. The molecule has 0 radical (unpaired) electrons. The lowest BCUT2D eigenvalue weighted by Crippen LogP contribution is -2.25. The molecule has 0 amide bonds. The van der Waals surface area contributed by atoms with Gasteiger partial charge in [0, 0.05) is 18.8 Å². The van der Waals surface area contributed by atoms with E-state index in [0.717, 1.165) is 25.4 Å². The molecule has 3 heteroatoms. The average Bonchev–Trinajstić information content (AvgIpc) is 2.08. The summed E-state index contributed by atoms with van der Waals surface area (Å²) in [4.78, 5) is 2.29. The summed E-state index contributed by atoms with van der Waals surface area (Å²) in [7, 11) is 2.12. The molecule has 0 saturated heterocycles. The molecule has 0 saturated carbocycles. The molecule has 2 nitrogen and oxygen atoms in total. The maximum atomic E-state index is 9.11. The smallest absolute Gasteiger partial charge is 0.0524 e. The molecule has 0 aromatic heterocycles. The number of thioether (sulfide) groups is 1. The quantitative estimate of drug-likeness (QED) is 0.632. The summed E-state index contributed by atoms with van der Waals surface area (Å²) < 4.78 is 0. The molecule has 0 aliphatic rings. The summed E-state index contributed by atoms with van der Waals surface area (Å²) >= 11 is 2.02. The molecular weight excluding hydrogens is 194 g/mol. The number of rotatable bonds is 8.